The zero-order chi connectivity index (χ0) is 22.0. The molecule has 0 saturated carbocycles. The molecule has 2 aromatic rings. The van der Waals surface area contributed by atoms with E-state index in [1.165, 1.54) is 11.9 Å². The number of hydrogen-bond acceptors (Lipinski definition) is 4. The Hall–Kier alpha value is -3.19. The van der Waals surface area contributed by atoms with Crippen molar-refractivity contribution in [1.82, 2.24) is 10.7 Å². The van der Waals surface area contributed by atoms with Crippen molar-refractivity contribution in [3.05, 3.63) is 54.1 Å². The van der Waals surface area contributed by atoms with E-state index in [9.17, 15) is 19.5 Å². The van der Waals surface area contributed by atoms with Gasteiger partial charge in [-0.3, -0.25) is 19.8 Å². The second-order valence-corrected chi connectivity index (χ2v) is 7.89. The molecular weight excluding hydrogens is 382 g/mol. The molecule has 0 fully saturated rings. The number of hydrazine groups is 1. The smallest absolute Gasteiger partial charge is 0.261 e. The van der Waals surface area contributed by atoms with Crippen molar-refractivity contribution in [2.45, 2.75) is 45.8 Å². The molecule has 0 aliphatic carbocycles. The highest BCUT2D eigenvalue weighted by molar-refractivity contribution is 6.06. The van der Waals surface area contributed by atoms with Gasteiger partial charge in [-0.15, -0.1) is 0 Å². The summed E-state index contributed by atoms with van der Waals surface area (Å²) in [6, 6.07) is 14.1. The summed E-state index contributed by atoms with van der Waals surface area (Å²) in [7, 11) is 0. The van der Waals surface area contributed by atoms with Crippen LogP contribution in [-0.2, 0) is 14.4 Å². The number of fused-ring (bicyclic) bond motifs is 3. The Labute approximate surface area is 176 Å². The number of anilines is 1. The van der Waals surface area contributed by atoms with Gasteiger partial charge >= 0.3 is 0 Å². The number of aliphatic hydroxyl groups is 1. The number of carbonyl (C=O) groups is 3. The minimum absolute atomic E-state index is 0.276. The molecule has 30 heavy (non-hydrogen) atoms. The predicted octanol–water partition coefficient (Wildman–Crippen LogP) is 2.36. The van der Waals surface area contributed by atoms with Crippen molar-refractivity contribution >= 4 is 23.4 Å². The molecule has 2 aromatic carbocycles. The Bertz CT molecular complexity index is 972. The fourth-order valence-electron chi connectivity index (χ4n) is 3.45. The molecule has 3 amide bonds. The number of carbonyl (C=O) groups excluding carboxylic acids is 3. The summed E-state index contributed by atoms with van der Waals surface area (Å²) < 4.78 is 0. The van der Waals surface area contributed by atoms with Gasteiger partial charge in [-0.2, -0.15) is 0 Å². The largest absolute Gasteiger partial charge is 0.383 e. The number of aliphatic hydroxyl groups excluding tert-OH is 1. The van der Waals surface area contributed by atoms with Crippen LogP contribution in [0.4, 0.5) is 5.69 Å². The van der Waals surface area contributed by atoms with Gasteiger partial charge in [0.15, 0.2) is 0 Å². The van der Waals surface area contributed by atoms with Gasteiger partial charge in [0.1, 0.15) is 12.1 Å². The first kappa shape index (κ1) is 21.5. The quantitative estimate of drug-likeness (QED) is 0.706. The number of nitrogens with zero attached hydrogens (tertiary/aromatic N) is 1. The fraction of sp³-hybridized carbons (Fsp3) is 0.348. The Morgan fingerprint density at radius 3 is 2.23 bits per heavy atom. The van der Waals surface area contributed by atoms with Crippen LogP contribution in [0.2, 0.25) is 0 Å². The minimum Gasteiger partial charge on any atom is -0.383 e. The molecule has 0 bridgehead atoms. The van der Waals surface area contributed by atoms with Crippen molar-refractivity contribution in [3.8, 4) is 11.1 Å². The van der Waals surface area contributed by atoms with Crippen LogP contribution in [0.1, 0.15) is 39.2 Å². The van der Waals surface area contributed by atoms with Gasteiger partial charge in [-0.1, -0.05) is 56.3 Å². The maximum absolute atomic E-state index is 13.2. The lowest BCUT2D eigenvalue weighted by Crippen LogP contribution is -2.55. The first-order valence-corrected chi connectivity index (χ1v) is 10.0. The normalized spacial score (nSPS) is 17.5. The van der Waals surface area contributed by atoms with Gasteiger partial charge < -0.3 is 10.4 Å². The Balaban J connectivity index is 1.88. The summed E-state index contributed by atoms with van der Waals surface area (Å²) in [5, 5.41) is 13.6. The van der Waals surface area contributed by atoms with Crippen LogP contribution in [0.15, 0.2) is 48.5 Å². The molecule has 1 aliphatic heterocycles. The minimum atomic E-state index is -1.21. The molecule has 1 aliphatic rings. The number of hydrogen-bond donors (Lipinski definition) is 3. The van der Waals surface area contributed by atoms with Crippen molar-refractivity contribution < 1.29 is 19.5 Å². The zero-order valence-corrected chi connectivity index (χ0v) is 17.5. The lowest BCUT2D eigenvalue weighted by molar-refractivity contribution is -0.135. The zero-order valence-electron chi connectivity index (χ0n) is 17.5. The van der Waals surface area contributed by atoms with E-state index in [0.29, 0.717) is 5.69 Å². The van der Waals surface area contributed by atoms with Gasteiger partial charge in [-0.25, -0.2) is 5.01 Å². The summed E-state index contributed by atoms with van der Waals surface area (Å²) in [5.74, 6) is -2.21. The third-order valence-electron chi connectivity index (χ3n) is 5.33. The lowest BCUT2D eigenvalue weighted by Gasteiger charge is -2.27. The van der Waals surface area contributed by atoms with Crippen molar-refractivity contribution in [2.75, 3.05) is 5.01 Å². The van der Waals surface area contributed by atoms with Gasteiger partial charge in [-0.05, 0) is 37.0 Å². The van der Waals surface area contributed by atoms with Crippen LogP contribution in [-0.4, -0.2) is 35.0 Å². The number of para-hydroxylation sites is 1. The summed E-state index contributed by atoms with van der Waals surface area (Å²) in [6.07, 6.45) is -1.21. The molecule has 3 rings (SSSR count). The van der Waals surface area contributed by atoms with E-state index >= 15 is 0 Å². The first-order valence-electron chi connectivity index (χ1n) is 10.0. The molecule has 1 unspecified atom stereocenters. The summed E-state index contributed by atoms with van der Waals surface area (Å²) in [5.41, 5.74) is 5.87. The number of amides is 3. The molecule has 158 valence electrons. The SMILES string of the molecule is CC1C(=O)N(NC(=O)[C@H](C)NC(=O)[C@@H](O)C(C)C)c2ccccc2-c2ccccc21. The van der Waals surface area contributed by atoms with Crippen molar-refractivity contribution in [1.29, 1.82) is 0 Å². The molecule has 0 spiro atoms. The molecule has 7 nitrogen and oxygen atoms in total. The molecule has 0 radical (unpaired) electrons. The maximum Gasteiger partial charge on any atom is 0.261 e. The van der Waals surface area contributed by atoms with Gasteiger partial charge in [0, 0.05) is 5.56 Å². The third-order valence-corrected chi connectivity index (χ3v) is 5.33. The van der Waals surface area contributed by atoms with Crippen molar-refractivity contribution in [2.24, 2.45) is 5.92 Å². The third kappa shape index (κ3) is 4.07. The molecule has 0 aromatic heterocycles. The monoisotopic (exact) mass is 409 g/mol. The summed E-state index contributed by atoms with van der Waals surface area (Å²) >= 11 is 0. The highest BCUT2D eigenvalue weighted by atomic mass is 16.3. The van der Waals surface area contributed by atoms with Gasteiger partial charge in [0.2, 0.25) is 5.91 Å². The van der Waals surface area contributed by atoms with Crippen LogP contribution in [0.25, 0.3) is 11.1 Å². The molecular formula is C23H27N3O4. The van der Waals surface area contributed by atoms with E-state index in [-0.39, 0.29) is 11.8 Å². The highest BCUT2D eigenvalue weighted by Gasteiger charge is 2.33. The highest BCUT2D eigenvalue weighted by Crippen LogP contribution is 2.39. The Morgan fingerprint density at radius 2 is 1.57 bits per heavy atom. The van der Waals surface area contributed by atoms with E-state index in [1.54, 1.807) is 32.9 Å². The van der Waals surface area contributed by atoms with Crippen LogP contribution in [0.3, 0.4) is 0 Å². The van der Waals surface area contributed by atoms with Crippen LogP contribution in [0.5, 0.6) is 0 Å². The first-order chi connectivity index (χ1) is 14.2. The molecule has 1 heterocycles. The van der Waals surface area contributed by atoms with Gasteiger partial charge in [0.05, 0.1) is 11.6 Å². The van der Waals surface area contributed by atoms with E-state index in [1.807, 2.05) is 36.4 Å². The van der Waals surface area contributed by atoms with E-state index in [0.717, 1.165) is 16.7 Å². The second kappa shape index (κ2) is 8.67. The number of rotatable bonds is 5. The van der Waals surface area contributed by atoms with Crippen LogP contribution in [0, 0.1) is 5.92 Å². The van der Waals surface area contributed by atoms with E-state index in [2.05, 4.69) is 10.7 Å². The average molecular weight is 409 g/mol. The predicted molar refractivity (Wildman–Crippen MR) is 114 cm³/mol. The molecule has 7 heteroatoms. The molecule has 3 N–H and O–H groups in total. The summed E-state index contributed by atoms with van der Waals surface area (Å²) in [4.78, 5) is 38.1. The van der Waals surface area contributed by atoms with Crippen LogP contribution >= 0.6 is 0 Å². The maximum atomic E-state index is 13.2. The Kier molecular flexibility index (Phi) is 6.22. The van der Waals surface area contributed by atoms with Crippen molar-refractivity contribution in [3.63, 3.8) is 0 Å². The lowest BCUT2D eigenvalue weighted by atomic mass is 9.92. The fourth-order valence-corrected chi connectivity index (χ4v) is 3.45. The van der Waals surface area contributed by atoms with Crippen LogP contribution < -0.4 is 15.8 Å². The number of nitrogens with one attached hydrogen (secondary N) is 2. The van der Waals surface area contributed by atoms with E-state index < -0.39 is 29.9 Å². The molecule has 3 atom stereocenters. The second-order valence-electron chi connectivity index (χ2n) is 7.89. The Morgan fingerprint density at radius 1 is 0.967 bits per heavy atom. The van der Waals surface area contributed by atoms with Gasteiger partial charge in [0.25, 0.3) is 11.8 Å². The summed E-state index contributed by atoms with van der Waals surface area (Å²) in [6.45, 7) is 6.73. The molecule has 0 saturated heterocycles. The number of benzene rings is 2. The average Bonchev–Trinajstić information content (AvgIpc) is 2.83. The standard InChI is InChI=1S/C23H27N3O4/c1-13(2)20(27)22(29)24-15(4)21(28)25-26-19-12-8-7-11-18(19)17-10-6-5-9-16(17)14(3)23(26)30/h5-15,20,27H,1-4H3,(H,24,29)(H,25,28)/t14?,15-,20-/m0/s1. The topological polar surface area (TPSA) is 98.7 Å². The van der Waals surface area contributed by atoms with E-state index in [4.69, 9.17) is 0 Å².